The van der Waals surface area contributed by atoms with Crippen molar-refractivity contribution in [2.75, 3.05) is 0 Å². The number of halogens is 2. The zero-order valence-electron chi connectivity index (χ0n) is 8.39. The van der Waals surface area contributed by atoms with Gasteiger partial charge in [-0.2, -0.15) is 5.10 Å². The number of benzene rings is 1. The first-order valence-electron chi connectivity index (χ1n) is 4.62. The smallest absolute Gasteiger partial charge is 0.335 e. The molecule has 0 aliphatic carbocycles. The molecule has 0 fully saturated rings. The second kappa shape index (κ2) is 4.28. The van der Waals surface area contributed by atoms with E-state index in [4.69, 9.17) is 5.11 Å². The second-order valence-electron chi connectivity index (χ2n) is 3.23. The van der Waals surface area contributed by atoms with Gasteiger partial charge in [0.05, 0.1) is 5.56 Å². The van der Waals surface area contributed by atoms with Gasteiger partial charge in [0.1, 0.15) is 0 Å². The Bertz CT molecular complexity index is 554. The van der Waals surface area contributed by atoms with Crippen LogP contribution in [-0.2, 0) is 0 Å². The van der Waals surface area contributed by atoms with E-state index in [1.165, 1.54) is 18.2 Å². The van der Waals surface area contributed by atoms with E-state index < -0.39 is 18.2 Å². The number of aromatic amines is 1. The number of aromatic nitrogens is 3. The summed E-state index contributed by atoms with van der Waals surface area (Å²) in [6, 6.07) is 5.76. The summed E-state index contributed by atoms with van der Waals surface area (Å²) in [5.41, 5.74) is 0.416. The molecule has 0 aliphatic rings. The Morgan fingerprint density at radius 2 is 2.18 bits per heavy atom. The summed E-state index contributed by atoms with van der Waals surface area (Å²) in [5, 5.41) is 14.5. The third-order valence-corrected chi connectivity index (χ3v) is 2.08. The molecule has 1 aromatic heterocycles. The summed E-state index contributed by atoms with van der Waals surface area (Å²) in [5.74, 6) is -1.60. The fourth-order valence-electron chi connectivity index (χ4n) is 1.29. The van der Waals surface area contributed by atoms with Crippen molar-refractivity contribution in [3.05, 3.63) is 35.7 Å². The summed E-state index contributed by atoms with van der Waals surface area (Å²) in [6.07, 6.45) is -2.74. The van der Waals surface area contributed by atoms with E-state index in [0.717, 1.165) is 0 Å². The van der Waals surface area contributed by atoms with Crippen molar-refractivity contribution in [3.63, 3.8) is 0 Å². The summed E-state index contributed by atoms with van der Waals surface area (Å²) < 4.78 is 24.6. The van der Waals surface area contributed by atoms with Gasteiger partial charge in [0.25, 0.3) is 6.43 Å². The summed E-state index contributed by atoms with van der Waals surface area (Å²) in [4.78, 5) is 14.3. The minimum absolute atomic E-state index is 0.0448. The number of hydrogen-bond donors (Lipinski definition) is 2. The van der Waals surface area contributed by atoms with E-state index in [1.54, 1.807) is 6.07 Å². The molecule has 0 saturated heterocycles. The number of hydrogen-bond acceptors (Lipinski definition) is 3. The van der Waals surface area contributed by atoms with Crippen LogP contribution >= 0.6 is 0 Å². The number of carboxylic acids is 1. The molecule has 1 heterocycles. The number of nitrogens with one attached hydrogen (secondary N) is 1. The highest BCUT2D eigenvalue weighted by Crippen LogP contribution is 2.20. The van der Waals surface area contributed by atoms with Gasteiger partial charge in [-0.3, -0.25) is 5.10 Å². The van der Waals surface area contributed by atoms with E-state index >= 15 is 0 Å². The van der Waals surface area contributed by atoms with E-state index in [-0.39, 0.29) is 11.4 Å². The largest absolute Gasteiger partial charge is 0.478 e. The monoisotopic (exact) mass is 239 g/mol. The number of carbonyl (C=O) groups is 1. The average Bonchev–Trinajstić information content (AvgIpc) is 2.78. The number of aromatic carboxylic acids is 1. The molecule has 0 radical (unpaired) electrons. The van der Waals surface area contributed by atoms with Gasteiger partial charge in [-0.05, 0) is 12.1 Å². The lowest BCUT2D eigenvalue weighted by molar-refractivity contribution is 0.0697. The molecule has 5 nitrogen and oxygen atoms in total. The molecular formula is C10H7F2N3O2. The van der Waals surface area contributed by atoms with Crippen molar-refractivity contribution in [2.24, 2.45) is 0 Å². The van der Waals surface area contributed by atoms with Gasteiger partial charge in [0.15, 0.2) is 11.6 Å². The van der Waals surface area contributed by atoms with Crippen molar-refractivity contribution >= 4 is 5.97 Å². The first-order chi connectivity index (χ1) is 8.08. The third-order valence-electron chi connectivity index (χ3n) is 2.08. The number of nitrogens with zero attached hydrogens (tertiary/aromatic N) is 2. The molecule has 0 saturated carbocycles. The van der Waals surface area contributed by atoms with Crippen LogP contribution in [0.25, 0.3) is 11.4 Å². The van der Waals surface area contributed by atoms with Crippen LogP contribution in [0, 0.1) is 0 Å². The van der Waals surface area contributed by atoms with Crippen molar-refractivity contribution < 1.29 is 18.7 Å². The highest BCUT2D eigenvalue weighted by atomic mass is 19.3. The molecule has 2 aromatic rings. The topological polar surface area (TPSA) is 78.9 Å². The number of carboxylic acid groups (broad SMARTS) is 1. The highest BCUT2D eigenvalue weighted by molar-refractivity contribution is 5.89. The number of rotatable bonds is 3. The molecule has 17 heavy (non-hydrogen) atoms. The lowest BCUT2D eigenvalue weighted by Gasteiger charge is -1.97. The van der Waals surface area contributed by atoms with Gasteiger partial charge >= 0.3 is 5.97 Å². The van der Waals surface area contributed by atoms with Gasteiger partial charge in [-0.15, -0.1) is 0 Å². The van der Waals surface area contributed by atoms with Crippen LogP contribution in [0.1, 0.15) is 22.6 Å². The Morgan fingerprint density at radius 3 is 2.76 bits per heavy atom. The van der Waals surface area contributed by atoms with Crippen LogP contribution in [0.3, 0.4) is 0 Å². The summed E-state index contributed by atoms with van der Waals surface area (Å²) >= 11 is 0. The summed E-state index contributed by atoms with van der Waals surface area (Å²) in [7, 11) is 0. The molecule has 0 atom stereocenters. The summed E-state index contributed by atoms with van der Waals surface area (Å²) in [6.45, 7) is 0. The lowest BCUT2D eigenvalue weighted by atomic mass is 10.1. The van der Waals surface area contributed by atoms with Crippen LogP contribution in [0.2, 0.25) is 0 Å². The minimum atomic E-state index is -2.74. The molecule has 2 N–H and O–H groups in total. The average molecular weight is 239 g/mol. The van der Waals surface area contributed by atoms with Crippen LogP contribution in [0.15, 0.2) is 24.3 Å². The Morgan fingerprint density at radius 1 is 1.41 bits per heavy atom. The van der Waals surface area contributed by atoms with E-state index in [9.17, 15) is 13.6 Å². The molecule has 0 spiro atoms. The van der Waals surface area contributed by atoms with Gasteiger partial charge < -0.3 is 5.11 Å². The van der Waals surface area contributed by atoms with Crippen LogP contribution in [0.5, 0.6) is 0 Å². The zero-order chi connectivity index (χ0) is 12.4. The molecule has 88 valence electrons. The maximum absolute atomic E-state index is 12.3. The fourth-order valence-corrected chi connectivity index (χ4v) is 1.29. The minimum Gasteiger partial charge on any atom is -0.478 e. The molecule has 7 heteroatoms. The number of alkyl halides is 2. The molecule has 2 rings (SSSR count). The molecule has 0 aliphatic heterocycles. The van der Waals surface area contributed by atoms with E-state index in [0.29, 0.717) is 5.56 Å². The van der Waals surface area contributed by atoms with Gasteiger partial charge in [0.2, 0.25) is 0 Å². The zero-order valence-corrected chi connectivity index (χ0v) is 8.39. The van der Waals surface area contributed by atoms with Crippen LogP contribution in [0.4, 0.5) is 8.78 Å². The SMILES string of the molecule is O=C(O)c1cccc(-c2n[nH]c(C(F)F)n2)c1. The first-order valence-corrected chi connectivity index (χ1v) is 4.62. The molecule has 0 amide bonds. The maximum atomic E-state index is 12.3. The van der Waals surface area contributed by atoms with Crippen molar-refractivity contribution in [1.29, 1.82) is 0 Å². The third kappa shape index (κ3) is 2.27. The van der Waals surface area contributed by atoms with E-state index in [2.05, 4.69) is 15.2 Å². The van der Waals surface area contributed by atoms with Crippen molar-refractivity contribution in [2.45, 2.75) is 6.43 Å². The molecule has 0 unspecified atom stereocenters. The van der Waals surface area contributed by atoms with Crippen LogP contribution < -0.4 is 0 Å². The highest BCUT2D eigenvalue weighted by Gasteiger charge is 2.14. The van der Waals surface area contributed by atoms with Crippen molar-refractivity contribution in [3.8, 4) is 11.4 Å². The Balaban J connectivity index is 2.38. The predicted octanol–water partition coefficient (Wildman–Crippen LogP) is 2.11. The van der Waals surface area contributed by atoms with Crippen molar-refractivity contribution in [1.82, 2.24) is 15.2 Å². The maximum Gasteiger partial charge on any atom is 0.335 e. The molecule has 1 aromatic carbocycles. The quantitative estimate of drug-likeness (QED) is 0.859. The van der Waals surface area contributed by atoms with E-state index in [1.807, 2.05) is 0 Å². The Kier molecular flexibility index (Phi) is 2.82. The predicted molar refractivity (Wildman–Crippen MR) is 53.7 cm³/mol. The lowest BCUT2D eigenvalue weighted by Crippen LogP contribution is -1.96. The van der Waals surface area contributed by atoms with Crippen LogP contribution in [-0.4, -0.2) is 26.3 Å². The Labute approximate surface area is 94.1 Å². The number of H-pyrrole nitrogens is 1. The van der Waals surface area contributed by atoms with Gasteiger partial charge in [0, 0.05) is 5.56 Å². The normalized spacial score (nSPS) is 10.8. The fraction of sp³-hybridized carbons (Fsp3) is 0.100. The Hall–Kier alpha value is -2.31. The molecular weight excluding hydrogens is 232 g/mol. The second-order valence-corrected chi connectivity index (χ2v) is 3.23. The molecule has 0 bridgehead atoms. The first kappa shape index (κ1) is 11.2. The standard InChI is InChI=1S/C10H7F2N3O2/c11-7(12)9-13-8(14-15-9)5-2-1-3-6(4-5)10(16)17/h1-4,7H,(H,16,17)(H,13,14,15). The van der Waals surface area contributed by atoms with Gasteiger partial charge in [-0.1, -0.05) is 12.1 Å². The van der Waals surface area contributed by atoms with Gasteiger partial charge in [-0.25, -0.2) is 18.6 Å².